The number of halogens is 1. The maximum atomic E-state index is 14.4. The summed E-state index contributed by atoms with van der Waals surface area (Å²) in [5.74, 6) is -0.666. The Morgan fingerprint density at radius 3 is 2.15 bits per heavy atom. The molecule has 172 valence electrons. The molecule has 0 aliphatic carbocycles. The molecule has 34 heavy (non-hydrogen) atoms. The van der Waals surface area contributed by atoms with Crippen molar-refractivity contribution in [2.75, 3.05) is 18.8 Å². The van der Waals surface area contributed by atoms with E-state index in [4.69, 9.17) is 0 Å². The lowest BCUT2D eigenvalue weighted by atomic mass is 9.82. The van der Waals surface area contributed by atoms with Crippen molar-refractivity contribution < 1.29 is 18.8 Å². The van der Waals surface area contributed by atoms with Gasteiger partial charge in [0.15, 0.2) is 5.54 Å². The van der Waals surface area contributed by atoms with Crippen LogP contribution in [0.4, 0.5) is 9.18 Å². The van der Waals surface area contributed by atoms with E-state index in [2.05, 4.69) is 5.32 Å². The zero-order valence-corrected chi connectivity index (χ0v) is 19.0. The predicted octanol–water partition coefficient (Wildman–Crippen LogP) is 3.90. The van der Waals surface area contributed by atoms with E-state index in [0.717, 1.165) is 4.90 Å². The molecule has 2 aliphatic rings. The third-order valence-electron chi connectivity index (χ3n) is 6.20. The second-order valence-corrected chi connectivity index (χ2v) is 9.32. The fourth-order valence-corrected chi connectivity index (χ4v) is 5.84. The number of nitrogens with zero attached hydrogens (tertiary/aromatic N) is 2. The summed E-state index contributed by atoms with van der Waals surface area (Å²) in [7, 11) is 0. The first-order valence-corrected chi connectivity index (χ1v) is 12.0. The molecule has 2 aliphatic heterocycles. The summed E-state index contributed by atoms with van der Waals surface area (Å²) in [5.41, 5.74) is 0.203. The minimum Gasteiger partial charge on any atom is -0.324 e. The van der Waals surface area contributed by atoms with E-state index in [0.29, 0.717) is 29.0 Å². The Kier molecular flexibility index (Phi) is 5.83. The van der Waals surface area contributed by atoms with Crippen LogP contribution in [0.25, 0.3) is 0 Å². The number of amides is 4. The lowest BCUT2D eigenvalue weighted by Crippen LogP contribution is -2.46. The Hall–Kier alpha value is -3.65. The monoisotopic (exact) mass is 475 g/mol. The van der Waals surface area contributed by atoms with Crippen molar-refractivity contribution in [1.29, 1.82) is 0 Å². The maximum absolute atomic E-state index is 14.4. The smallest absolute Gasteiger partial charge is 0.324 e. The van der Waals surface area contributed by atoms with E-state index in [9.17, 15) is 18.8 Å². The van der Waals surface area contributed by atoms with Gasteiger partial charge in [-0.05, 0) is 17.2 Å². The largest absolute Gasteiger partial charge is 0.326 e. The molecule has 5 rings (SSSR count). The van der Waals surface area contributed by atoms with Crippen LogP contribution in [0.15, 0.2) is 84.9 Å². The van der Waals surface area contributed by atoms with Crippen molar-refractivity contribution in [3.8, 4) is 0 Å². The molecule has 3 aromatic carbocycles. The molecule has 6 nitrogen and oxygen atoms in total. The highest BCUT2D eigenvalue weighted by Gasteiger charge is 2.54. The number of thioether (sulfide) groups is 1. The van der Waals surface area contributed by atoms with Crippen LogP contribution >= 0.6 is 11.8 Å². The maximum Gasteiger partial charge on any atom is 0.326 e. The van der Waals surface area contributed by atoms with Crippen molar-refractivity contribution in [2.24, 2.45) is 0 Å². The van der Waals surface area contributed by atoms with Crippen molar-refractivity contribution in [3.05, 3.63) is 107 Å². The molecular formula is C26H22FN3O3S. The molecule has 3 aromatic rings. The van der Waals surface area contributed by atoms with Gasteiger partial charge in [0.2, 0.25) is 5.91 Å². The zero-order valence-electron chi connectivity index (χ0n) is 18.2. The molecule has 8 heteroatoms. The first kappa shape index (κ1) is 22.2. The van der Waals surface area contributed by atoms with Gasteiger partial charge in [-0.25, -0.2) is 9.18 Å². The second-order valence-electron chi connectivity index (χ2n) is 8.14. The van der Waals surface area contributed by atoms with Crippen LogP contribution in [0.5, 0.6) is 0 Å². The molecule has 2 saturated heterocycles. The minimum absolute atomic E-state index is 0.387. The molecule has 2 heterocycles. The van der Waals surface area contributed by atoms with Crippen molar-refractivity contribution >= 4 is 29.6 Å². The van der Waals surface area contributed by atoms with Gasteiger partial charge in [-0.2, -0.15) is 0 Å². The Morgan fingerprint density at radius 2 is 1.53 bits per heavy atom. The minimum atomic E-state index is -1.43. The number of carbonyl (C=O) groups excluding carboxylic acids is 3. The van der Waals surface area contributed by atoms with Crippen LogP contribution < -0.4 is 5.32 Å². The summed E-state index contributed by atoms with van der Waals surface area (Å²) in [4.78, 5) is 42.6. The van der Waals surface area contributed by atoms with Gasteiger partial charge in [-0.1, -0.05) is 78.9 Å². The zero-order chi connectivity index (χ0) is 23.7. The van der Waals surface area contributed by atoms with Crippen LogP contribution in [0.3, 0.4) is 0 Å². The van der Waals surface area contributed by atoms with E-state index < -0.39 is 35.3 Å². The number of urea groups is 1. The van der Waals surface area contributed by atoms with Crippen LogP contribution in [0, 0.1) is 5.82 Å². The lowest BCUT2D eigenvalue weighted by Gasteiger charge is -2.29. The SMILES string of the molecule is O=C1NC(c2ccccc2)(c2ccccc2)C(=O)N1CC(=O)N1CCS[C@H]1c1ccccc1F. The van der Waals surface area contributed by atoms with Gasteiger partial charge < -0.3 is 10.2 Å². The molecule has 1 N–H and O–H groups in total. The van der Waals surface area contributed by atoms with E-state index in [1.807, 2.05) is 12.1 Å². The number of carbonyl (C=O) groups is 3. The fraction of sp³-hybridized carbons (Fsp3) is 0.192. The van der Waals surface area contributed by atoms with E-state index in [1.54, 1.807) is 66.7 Å². The highest BCUT2D eigenvalue weighted by Crippen LogP contribution is 2.40. The van der Waals surface area contributed by atoms with E-state index >= 15 is 0 Å². The van der Waals surface area contributed by atoms with Crippen molar-refractivity contribution in [1.82, 2.24) is 15.1 Å². The average molecular weight is 476 g/mol. The normalized spacial score (nSPS) is 19.4. The van der Waals surface area contributed by atoms with Crippen LogP contribution in [0.2, 0.25) is 0 Å². The highest BCUT2D eigenvalue weighted by atomic mass is 32.2. The molecule has 2 fully saturated rings. The summed E-state index contributed by atoms with van der Waals surface area (Å²) >= 11 is 1.46. The molecule has 0 spiro atoms. The molecule has 0 bridgehead atoms. The van der Waals surface area contributed by atoms with Gasteiger partial charge in [0.25, 0.3) is 5.91 Å². The molecule has 1 atom stereocenters. The van der Waals surface area contributed by atoms with Gasteiger partial charge in [0, 0.05) is 17.9 Å². The summed E-state index contributed by atoms with van der Waals surface area (Å²) in [6, 6.07) is 23.7. The number of hydrogen-bond acceptors (Lipinski definition) is 4. The van der Waals surface area contributed by atoms with Crippen molar-refractivity contribution in [3.63, 3.8) is 0 Å². The Labute approximate surface area is 200 Å². The first-order valence-electron chi connectivity index (χ1n) is 10.9. The standard InChI is InChI=1S/C26H22FN3O3S/c27-21-14-8-7-13-20(21)23-29(15-16-34-23)22(31)17-30-24(32)26(28-25(30)33,18-9-3-1-4-10-18)19-11-5-2-6-12-19/h1-14,23H,15-17H2,(H,28,33)/t23-/m0/s1. The summed E-state index contributed by atoms with van der Waals surface area (Å²) < 4.78 is 14.4. The molecule has 0 saturated carbocycles. The van der Waals surface area contributed by atoms with Gasteiger partial charge in [-0.15, -0.1) is 11.8 Å². The number of rotatable bonds is 5. The number of nitrogens with one attached hydrogen (secondary N) is 1. The number of imide groups is 1. The van der Waals surface area contributed by atoms with Gasteiger partial charge in [0.05, 0.1) is 0 Å². The molecule has 0 aromatic heterocycles. The summed E-state index contributed by atoms with van der Waals surface area (Å²) in [6.45, 7) is -0.00768. The second kappa shape index (κ2) is 8.95. The van der Waals surface area contributed by atoms with Gasteiger partial charge in [-0.3, -0.25) is 14.5 Å². The van der Waals surface area contributed by atoms with Crippen molar-refractivity contribution in [2.45, 2.75) is 10.9 Å². The van der Waals surface area contributed by atoms with E-state index in [1.165, 1.54) is 22.7 Å². The quantitative estimate of drug-likeness (QED) is 0.569. The fourth-order valence-electron chi connectivity index (χ4n) is 4.54. The van der Waals surface area contributed by atoms with Crippen LogP contribution in [0.1, 0.15) is 22.1 Å². The lowest BCUT2D eigenvalue weighted by molar-refractivity contribution is -0.138. The molecule has 0 unspecified atom stereocenters. The topological polar surface area (TPSA) is 69.7 Å². The number of hydrogen-bond donors (Lipinski definition) is 1. The van der Waals surface area contributed by atoms with Gasteiger partial charge >= 0.3 is 6.03 Å². The number of benzene rings is 3. The Balaban J connectivity index is 1.45. The highest BCUT2D eigenvalue weighted by molar-refractivity contribution is 7.99. The Bertz CT molecular complexity index is 1200. The Morgan fingerprint density at radius 1 is 0.941 bits per heavy atom. The van der Waals surface area contributed by atoms with Crippen LogP contribution in [-0.4, -0.2) is 46.5 Å². The summed E-state index contributed by atoms with van der Waals surface area (Å²) in [6.07, 6.45) is 0. The molecular weight excluding hydrogens is 453 g/mol. The molecule has 0 radical (unpaired) electrons. The third-order valence-corrected chi connectivity index (χ3v) is 7.44. The molecule has 4 amide bonds. The average Bonchev–Trinajstić information content (AvgIpc) is 3.45. The van der Waals surface area contributed by atoms with E-state index in [-0.39, 0.29) is 5.82 Å². The van der Waals surface area contributed by atoms with Crippen LogP contribution in [-0.2, 0) is 15.1 Å². The first-order chi connectivity index (χ1) is 16.5. The summed E-state index contributed by atoms with van der Waals surface area (Å²) in [5, 5.41) is 2.35. The van der Waals surface area contributed by atoms with Gasteiger partial charge in [0.1, 0.15) is 17.7 Å². The predicted molar refractivity (Wildman–Crippen MR) is 127 cm³/mol. The third kappa shape index (κ3) is 3.64.